The molecule has 112 valence electrons. The number of likely N-dealkylation sites (tertiary alicyclic amines) is 1. The van der Waals surface area contributed by atoms with Gasteiger partial charge in [-0.3, -0.25) is 0 Å². The highest BCUT2D eigenvalue weighted by Crippen LogP contribution is 2.39. The van der Waals surface area contributed by atoms with Crippen molar-refractivity contribution in [1.82, 2.24) is 10.2 Å². The summed E-state index contributed by atoms with van der Waals surface area (Å²) in [5, 5.41) is 3.74. The second-order valence-corrected chi connectivity index (χ2v) is 7.88. The third-order valence-electron chi connectivity index (χ3n) is 5.34. The van der Waals surface area contributed by atoms with Gasteiger partial charge in [0.2, 0.25) is 0 Å². The Morgan fingerprint density at radius 3 is 2.21 bits per heavy atom. The summed E-state index contributed by atoms with van der Waals surface area (Å²) in [4.78, 5) is 2.75. The van der Waals surface area contributed by atoms with Crippen molar-refractivity contribution in [1.29, 1.82) is 0 Å². The Morgan fingerprint density at radius 2 is 1.68 bits per heavy atom. The molecule has 0 radical (unpaired) electrons. The third kappa shape index (κ3) is 4.19. The van der Waals surface area contributed by atoms with Gasteiger partial charge in [-0.05, 0) is 42.6 Å². The fourth-order valence-electron chi connectivity index (χ4n) is 3.99. The summed E-state index contributed by atoms with van der Waals surface area (Å²) >= 11 is 0. The number of rotatable bonds is 6. The molecule has 1 N–H and O–H groups in total. The van der Waals surface area contributed by atoms with Gasteiger partial charge in [0.1, 0.15) is 0 Å². The first-order valence-electron chi connectivity index (χ1n) is 8.44. The van der Waals surface area contributed by atoms with Crippen LogP contribution in [-0.2, 0) is 0 Å². The van der Waals surface area contributed by atoms with E-state index in [0.717, 1.165) is 17.8 Å². The summed E-state index contributed by atoms with van der Waals surface area (Å²) in [5.41, 5.74) is 0.582. The van der Waals surface area contributed by atoms with Crippen LogP contribution in [0.2, 0.25) is 0 Å². The molecule has 2 aliphatic rings. The average molecular weight is 266 g/mol. The van der Waals surface area contributed by atoms with Gasteiger partial charge >= 0.3 is 0 Å². The molecule has 0 spiro atoms. The minimum absolute atomic E-state index is 0.582. The zero-order valence-corrected chi connectivity index (χ0v) is 13.5. The molecular formula is C17H34N2. The van der Waals surface area contributed by atoms with E-state index < -0.39 is 0 Å². The zero-order valence-electron chi connectivity index (χ0n) is 13.5. The molecule has 0 amide bonds. The second kappa shape index (κ2) is 6.58. The summed E-state index contributed by atoms with van der Waals surface area (Å²) in [5.74, 6) is 2.55. The van der Waals surface area contributed by atoms with Crippen LogP contribution in [0.4, 0.5) is 0 Å². The highest BCUT2D eigenvalue weighted by molar-refractivity contribution is 4.92. The van der Waals surface area contributed by atoms with Gasteiger partial charge in [0.05, 0.1) is 0 Å². The van der Waals surface area contributed by atoms with Crippen molar-refractivity contribution in [2.45, 2.75) is 53.4 Å². The summed E-state index contributed by atoms with van der Waals surface area (Å²) in [7, 11) is 0. The van der Waals surface area contributed by atoms with Crippen LogP contribution in [0, 0.1) is 23.2 Å². The predicted octanol–water partition coefficient (Wildman–Crippen LogP) is 3.38. The van der Waals surface area contributed by atoms with E-state index in [2.05, 4.69) is 37.9 Å². The second-order valence-electron chi connectivity index (χ2n) is 7.88. The highest BCUT2D eigenvalue weighted by atomic mass is 15.2. The van der Waals surface area contributed by atoms with E-state index in [9.17, 15) is 0 Å². The normalized spacial score (nSPS) is 31.4. The van der Waals surface area contributed by atoms with E-state index in [0.29, 0.717) is 5.41 Å². The van der Waals surface area contributed by atoms with Crippen LogP contribution in [0.3, 0.4) is 0 Å². The molecule has 2 unspecified atom stereocenters. The Balaban J connectivity index is 1.85. The van der Waals surface area contributed by atoms with E-state index >= 15 is 0 Å². The Hall–Kier alpha value is -0.0800. The van der Waals surface area contributed by atoms with Crippen molar-refractivity contribution in [3.63, 3.8) is 0 Å². The van der Waals surface area contributed by atoms with E-state index in [-0.39, 0.29) is 0 Å². The quantitative estimate of drug-likeness (QED) is 0.793. The van der Waals surface area contributed by atoms with Gasteiger partial charge in [-0.15, -0.1) is 0 Å². The monoisotopic (exact) mass is 266 g/mol. The van der Waals surface area contributed by atoms with E-state index in [1.54, 1.807) is 0 Å². The predicted molar refractivity (Wildman–Crippen MR) is 83.4 cm³/mol. The molecule has 0 aromatic heterocycles. The van der Waals surface area contributed by atoms with Crippen molar-refractivity contribution >= 4 is 0 Å². The molecule has 19 heavy (non-hydrogen) atoms. The van der Waals surface area contributed by atoms with Crippen molar-refractivity contribution in [3.05, 3.63) is 0 Å². The first kappa shape index (κ1) is 15.3. The molecule has 2 rings (SSSR count). The Morgan fingerprint density at radius 1 is 1.11 bits per heavy atom. The maximum atomic E-state index is 3.74. The van der Waals surface area contributed by atoms with Gasteiger partial charge < -0.3 is 10.2 Å². The smallest absolute Gasteiger partial charge is 0.00504 e. The van der Waals surface area contributed by atoms with Crippen LogP contribution in [0.1, 0.15) is 53.4 Å². The number of hydrogen-bond donors (Lipinski definition) is 1. The summed E-state index contributed by atoms with van der Waals surface area (Å²) in [6, 6.07) is 0. The lowest BCUT2D eigenvalue weighted by atomic mass is 9.85. The molecule has 2 nitrogen and oxygen atoms in total. The molecule has 2 atom stereocenters. The standard InChI is InChI=1S/C17H34N2/c1-14(2)9-18-12-17(7-5-6-8-17)13-19-10-15(3)16(4)11-19/h14-16,18H,5-13H2,1-4H3. The molecule has 1 heterocycles. The van der Waals surface area contributed by atoms with Crippen LogP contribution >= 0.6 is 0 Å². The van der Waals surface area contributed by atoms with E-state index in [4.69, 9.17) is 0 Å². The minimum atomic E-state index is 0.582. The lowest BCUT2D eigenvalue weighted by molar-refractivity contribution is 0.166. The molecule has 1 aliphatic carbocycles. The highest BCUT2D eigenvalue weighted by Gasteiger charge is 2.37. The van der Waals surface area contributed by atoms with Crippen LogP contribution in [0.25, 0.3) is 0 Å². The lowest BCUT2D eigenvalue weighted by Gasteiger charge is -2.34. The van der Waals surface area contributed by atoms with Crippen molar-refractivity contribution in [2.75, 3.05) is 32.7 Å². The number of nitrogens with one attached hydrogen (secondary N) is 1. The Bertz CT molecular complexity index is 258. The van der Waals surface area contributed by atoms with E-state index in [1.165, 1.54) is 58.4 Å². The molecular weight excluding hydrogens is 232 g/mol. The molecule has 1 saturated carbocycles. The summed E-state index contributed by atoms with van der Waals surface area (Å²) < 4.78 is 0. The third-order valence-corrected chi connectivity index (χ3v) is 5.34. The number of hydrogen-bond acceptors (Lipinski definition) is 2. The van der Waals surface area contributed by atoms with Crippen LogP contribution in [-0.4, -0.2) is 37.6 Å². The van der Waals surface area contributed by atoms with Crippen molar-refractivity contribution in [3.8, 4) is 0 Å². The van der Waals surface area contributed by atoms with Gasteiger partial charge in [-0.2, -0.15) is 0 Å². The van der Waals surface area contributed by atoms with Crippen LogP contribution < -0.4 is 5.32 Å². The molecule has 2 heteroatoms. The first-order chi connectivity index (χ1) is 9.01. The molecule has 1 aliphatic heterocycles. The summed E-state index contributed by atoms with van der Waals surface area (Å²) in [6.07, 6.45) is 5.78. The SMILES string of the molecule is CC(C)CNCC1(CN2CC(C)C(C)C2)CCCC1. The van der Waals surface area contributed by atoms with Crippen LogP contribution in [0.15, 0.2) is 0 Å². The summed E-state index contributed by atoms with van der Waals surface area (Å²) in [6.45, 7) is 15.9. The average Bonchev–Trinajstić information content (AvgIpc) is 2.88. The molecule has 0 aromatic rings. The van der Waals surface area contributed by atoms with Gasteiger partial charge in [-0.25, -0.2) is 0 Å². The maximum absolute atomic E-state index is 3.74. The first-order valence-corrected chi connectivity index (χ1v) is 8.44. The Labute approximate surface area is 120 Å². The largest absolute Gasteiger partial charge is 0.316 e. The molecule has 1 saturated heterocycles. The van der Waals surface area contributed by atoms with Gasteiger partial charge in [0.15, 0.2) is 0 Å². The number of nitrogens with zero attached hydrogens (tertiary/aromatic N) is 1. The van der Waals surface area contributed by atoms with Gasteiger partial charge in [0, 0.05) is 26.2 Å². The van der Waals surface area contributed by atoms with Gasteiger partial charge in [0.25, 0.3) is 0 Å². The Kier molecular flexibility index (Phi) is 5.30. The minimum Gasteiger partial charge on any atom is -0.316 e. The maximum Gasteiger partial charge on any atom is 0.00504 e. The van der Waals surface area contributed by atoms with E-state index in [1.807, 2.05) is 0 Å². The van der Waals surface area contributed by atoms with Gasteiger partial charge in [-0.1, -0.05) is 40.5 Å². The van der Waals surface area contributed by atoms with Crippen LogP contribution in [0.5, 0.6) is 0 Å². The topological polar surface area (TPSA) is 15.3 Å². The molecule has 0 aromatic carbocycles. The van der Waals surface area contributed by atoms with Crippen molar-refractivity contribution in [2.24, 2.45) is 23.2 Å². The molecule has 2 fully saturated rings. The van der Waals surface area contributed by atoms with Crippen molar-refractivity contribution < 1.29 is 0 Å². The fraction of sp³-hybridized carbons (Fsp3) is 1.00. The lowest BCUT2D eigenvalue weighted by Crippen LogP contribution is -2.42. The zero-order chi connectivity index (χ0) is 13.9. The fourth-order valence-corrected chi connectivity index (χ4v) is 3.99. The molecule has 0 bridgehead atoms.